The number of carboxylic acids is 1. The summed E-state index contributed by atoms with van der Waals surface area (Å²) in [6.07, 6.45) is 3.98. The van der Waals surface area contributed by atoms with Crippen molar-refractivity contribution in [1.29, 1.82) is 0 Å². The van der Waals surface area contributed by atoms with E-state index in [-0.39, 0.29) is 18.4 Å². The van der Waals surface area contributed by atoms with Crippen LogP contribution in [0.5, 0.6) is 0 Å². The molecule has 6 nitrogen and oxygen atoms in total. The molecule has 0 bridgehead atoms. The fraction of sp³-hybridized carbons (Fsp3) is 0.846. The third-order valence-electron chi connectivity index (χ3n) is 3.61. The zero-order valence-electron chi connectivity index (χ0n) is 11.1. The van der Waals surface area contributed by atoms with Gasteiger partial charge in [-0.3, -0.25) is 14.5 Å². The summed E-state index contributed by atoms with van der Waals surface area (Å²) in [5.74, 6) is -0.806. The van der Waals surface area contributed by atoms with Gasteiger partial charge in [-0.05, 0) is 25.7 Å². The maximum atomic E-state index is 12.0. The summed E-state index contributed by atoms with van der Waals surface area (Å²) >= 11 is 0. The molecular weight excluding hydrogens is 248 g/mol. The van der Waals surface area contributed by atoms with Crippen LogP contribution in [0.15, 0.2) is 0 Å². The van der Waals surface area contributed by atoms with E-state index in [9.17, 15) is 9.59 Å². The van der Waals surface area contributed by atoms with E-state index in [2.05, 4.69) is 5.32 Å². The van der Waals surface area contributed by atoms with Gasteiger partial charge in [-0.25, -0.2) is 0 Å². The van der Waals surface area contributed by atoms with Crippen molar-refractivity contribution in [3.8, 4) is 0 Å². The Kier molecular flexibility index (Phi) is 5.15. The van der Waals surface area contributed by atoms with Crippen LogP contribution < -0.4 is 5.32 Å². The normalized spacial score (nSPS) is 20.5. The fourth-order valence-corrected chi connectivity index (χ4v) is 2.37. The van der Waals surface area contributed by atoms with Crippen molar-refractivity contribution in [2.75, 3.05) is 26.3 Å². The summed E-state index contributed by atoms with van der Waals surface area (Å²) in [6, 6.07) is 0.613. The first-order valence-corrected chi connectivity index (χ1v) is 6.98. The Balaban J connectivity index is 1.72. The van der Waals surface area contributed by atoms with Crippen molar-refractivity contribution in [2.45, 2.75) is 44.2 Å². The molecule has 2 fully saturated rings. The van der Waals surface area contributed by atoms with Gasteiger partial charge in [0.05, 0.1) is 13.0 Å². The minimum absolute atomic E-state index is 0.00388. The average molecular weight is 270 g/mol. The highest BCUT2D eigenvalue weighted by Gasteiger charge is 2.30. The smallest absolute Gasteiger partial charge is 0.304 e. The average Bonchev–Trinajstić information content (AvgIpc) is 3.19. The van der Waals surface area contributed by atoms with Gasteiger partial charge in [-0.1, -0.05) is 0 Å². The van der Waals surface area contributed by atoms with E-state index >= 15 is 0 Å². The Hall–Kier alpha value is -1.14. The summed E-state index contributed by atoms with van der Waals surface area (Å²) in [4.78, 5) is 24.6. The first kappa shape index (κ1) is 14.3. The molecule has 0 radical (unpaired) electrons. The number of carboxylic acid groups (broad SMARTS) is 1. The minimum Gasteiger partial charge on any atom is -0.481 e. The van der Waals surface area contributed by atoms with E-state index < -0.39 is 5.97 Å². The van der Waals surface area contributed by atoms with Gasteiger partial charge in [0.1, 0.15) is 0 Å². The second-order valence-electron chi connectivity index (χ2n) is 5.30. The number of amides is 1. The summed E-state index contributed by atoms with van der Waals surface area (Å²) in [6.45, 7) is 2.18. The van der Waals surface area contributed by atoms with Crippen molar-refractivity contribution >= 4 is 11.9 Å². The van der Waals surface area contributed by atoms with Gasteiger partial charge in [0, 0.05) is 31.8 Å². The predicted octanol–water partition coefficient (Wildman–Crippen LogP) is 0.221. The Morgan fingerprint density at radius 2 is 1.89 bits per heavy atom. The van der Waals surface area contributed by atoms with Gasteiger partial charge >= 0.3 is 5.97 Å². The largest absolute Gasteiger partial charge is 0.481 e. The summed E-state index contributed by atoms with van der Waals surface area (Å²) in [5, 5.41) is 11.7. The number of nitrogens with one attached hydrogen (secondary N) is 1. The first-order chi connectivity index (χ1) is 9.15. The summed E-state index contributed by atoms with van der Waals surface area (Å²) < 4.78 is 5.25. The lowest BCUT2D eigenvalue weighted by Crippen LogP contribution is -2.45. The van der Waals surface area contributed by atoms with Crippen molar-refractivity contribution in [3.05, 3.63) is 0 Å². The molecular formula is C13H22N2O4. The third kappa shape index (κ3) is 5.16. The van der Waals surface area contributed by atoms with Gasteiger partial charge in [-0.2, -0.15) is 0 Å². The molecule has 0 aromatic heterocycles. The lowest BCUT2D eigenvalue weighted by Gasteiger charge is -2.25. The molecule has 1 saturated carbocycles. The zero-order chi connectivity index (χ0) is 13.7. The monoisotopic (exact) mass is 270 g/mol. The topological polar surface area (TPSA) is 78.9 Å². The minimum atomic E-state index is -0.810. The number of hydrogen-bond acceptors (Lipinski definition) is 4. The molecule has 0 unspecified atom stereocenters. The molecule has 2 rings (SSSR count). The van der Waals surface area contributed by atoms with E-state index in [4.69, 9.17) is 9.84 Å². The van der Waals surface area contributed by atoms with Gasteiger partial charge in [0.25, 0.3) is 0 Å². The molecule has 0 spiro atoms. The van der Waals surface area contributed by atoms with Crippen LogP contribution in [0.2, 0.25) is 0 Å². The SMILES string of the molecule is O=C(O)CCN(CC(=O)NC1CCOCC1)C1CC1. The molecule has 1 heterocycles. The van der Waals surface area contributed by atoms with Crippen LogP contribution in [0.4, 0.5) is 0 Å². The van der Waals surface area contributed by atoms with Crippen LogP contribution in [0.3, 0.4) is 0 Å². The maximum absolute atomic E-state index is 12.0. The summed E-state index contributed by atoms with van der Waals surface area (Å²) in [5.41, 5.74) is 0. The Labute approximate surface area is 113 Å². The maximum Gasteiger partial charge on any atom is 0.304 e. The van der Waals surface area contributed by atoms with Crippen molar-refractivity contribution in [3.63, 3.8) is 0 Å². The molecule has 0 aromatic carbocycles. The molecule has 1 aliphatic heterocycles. The Morgan fingerprint density at radius 1 is 1.21 bits per heavy atom. The van der Waals surface area contributed by atoms with Gasteiger partial charge in [0.15, 0.2) is 0 Å². The third-order valence-corrected chi connectivity index (χ3v) is 3.61. The number of aliphatic carboxylic acids is 1. The summed E-state index contributed by atoms with van der Waals surface area (Å²) in [7, 11) is 0. The number of rotatable bonds is 7. The number of nitrogens with zero attached hydrogens (tertiary/aromatic N) is 1. The lowest BCUT2D eigenvalue weighted by atomic mass is 10.1. The van der Waals surface area contributed by atoms with Crippen molar-refractivity contribution < 1.29 is 19.4 Å². The van der Waals surface area contributed by atoms with Gasteiger partial charge in [-0.15, -0.1) is 0 Å². The molecule has 108 valence electrons. The number of carbonyl (C=O) groups excluding carboxylic acids is 1. The molecule has 6 heteroatoms. The number of carbonyl (C=O) groups is 2. The quantitative estimate of drug-likeness (QED) is 0.692. The molecule has 1 aliphatic carbocycles. The molecule has 2 N–H and O–H groups in total. The molecule has 19 heavy (non-hydrogen) atoms. The van der Waals surface area contributed by atoms with Crippen LogP contribution in [-0.2, 0) is 14.3 Å². The van der Waals surface area contributed by atoms with Crippen LogP contribution in [0.25, 0.3) is 0 Å². The Morgan fingerprint density at radius 3 is 2.47 bits per heavy atom. The van der Waals surface area contributed by atoms with Crippen LogP contribution in [-0.4, -0.2) is 60.3 Å². The number of ether oxygens (including phenoxy) is 1. The molecule has 0 atom stereocenters. The van der Waals surface area contributed by atoms with Crippen LogP contribution in [0.1, 0.15) is 32.1 Å². The van der Waals surface area contributed by atoms with Crippen LogP contribution >= 0.6 is 0 Å². The highest BCUT2D eigenvalue weighted by atomic mass is 16.5. The highest BCUT2D eigenvalue weighted by molar-refractivity contribution is 5.78. The number of hydrogen-bond donors (Lipinski definition) is 2. The van der Waals surface area contributed by atoms with E-state index in [1.807, 2.05) is 4.90 Å². The van der Waals surface area contributed by atoms with E-state index in [0.717, 1.165) is 25.7 Å². The van der Waals surface area contributed by atoms with Crippen molar-refractivity contribution in [1.82, 2.24) is 10.2 Å². The standard InChI is InChI=1S/C13H22N2O4/c16-12(14-10-4-7-19-8-5-10)9-15(11-1-2-11)6-3-13(17)18/h10-11H,1-9H2,(H,14,16)(H,17,18). The second-order valence-corrected chi connectivity index (χ2v) is 5.30. The van der Waals surface area contributed by atoms with Crippen molar-refractivity contribution in [2.24, 2.45) is 0 Å². The van der Waals surface area contributed by atoms with E-state index in [1.54, 1.807) is 0 Å². The fourth-order valence-electron chi connectivity index (χ4n) is 2.37. The van der Waals surface area contributed by atoms with E-state index in [0.29, 0.717) is 32.3 Å². The molecule has 1 amide bonds. The highest BCUT2D eigenvalue weighted by Crippen LogP contribution is 2.26. The van der Waals surface area contributed by atoms with E-state index in [1.165, 1.54) is 0 Å². The predicted molar refractivity (Wildman–Crippen MR) is 68.8 cm³/mol. The molecule has 2 aliphatic rings. The van der Waals surface area contributed by atoms with Crippen LogP contribution in [0, 0.1) is 0 Å². The molecule has 0 aromatic rings. The molecule has 1 saturated heterocycles. The van der Waals surface area contributed by atoms with Gasteiger partial charge in [0.2, 0.25) is 5.91 Å². The first-order valence-electron chi connectivity index (χ1n) is 6.98. The Bertz CT molecular complexity index is 325. The lowest BCUT2D eigenvalue weighted by molar-refractivity contribution is -0.138. The zero-order valence-corrected chi connectivity index (χ0v) is 11.1. The van der Waals surface area contributed by atoms with Gasteiger partial charge < -0.3 is 15.2 Å². The second kappa shape index (κ2) is 6.86.